The van der Waals surface area contributed by atoms with Gasteiger partial charge in [-0.15, -0.1) is 24.0 Å². The number of pyridine rings is 1. The first kappa shape index (κ1) is 19.0. The van der Waals surface area contributed by atoms with Crippen molar-refractivity contribution in [3.05, 3.63) is 23.9 Å². The second-order valence-corrected chi connectivity index (χ2v) is 5.42. The van der Waals surface area contributed by atoms with Crippen molar-refractivity contribution in [2.75, 3.05) is 31.1 Å². The van der Waals surface area contributed by atoms with E-state index in [1.807, 2.05) is 6.20 Å². The van der Waals surface area contributed by atoms with Gasteiger partial charge in [0, 0.05) is 32.4 Å². The van der Waals surface area contributed by atoms with Crippen molar-refractivity contribution in [2.24, 2.45) is 10.7 Å². The van der Waals surface area contributed by atoms with Gasteiger partial charge in [0.15, 0.2) is 5.96 Å². The van der Waals surface area contributed by atoms with E-state index in [2.05, 4.69) is 45.8 Å². The first-order valence-electron chi connectivity index (χ1n) is 7.99. The zero-order chi connectivity index (χ0) is 15.1. The number of aliphatic imine (C=N–C) groups is 1. The van der Waals surface area contributed by atoms with Gasteiger partial charge in [-0.25, -0.2) is 9.98 Å². The van der Waals surface area contributed by atoms with Gasteiger partial charge >= 0.3 is 0 Å². The molecule has 0 aromatic carbocycles. The Morgan fingerprint density at radius 3 is 2.45 bits per heavy atom. The van der Waals surface area contributed by atoms with Gasteiger partial charge in [0.2, 0.25) is 0 Å². The molecule has 0 spiro atoms. The number of halogens is 1. The number of hydrogen-bond donors (Lipinski definition) is 1. The van der Waals surface area contributed by atoms with Crippen LogP contribution in [0.4, 0.5) is 5.82 Å². The van der Waals surface area contributed by atoms with E-state index in [9.17, 15) is 0 Å². The van der Waals surface area contributed by atoms with Crippen LogP contribution in [0.15, 0.2) is 23.3 Å². The van der Waals surface area contributed by atoms with Crippen molar-refractivity contribution >= 4 is 35.8 Å². The molecule has 1 aromatic heterocycles. The van der Waals surface area contributed by atoms with E-state index in [0.29, 0.717) is 12.5 Å². The molecule has 0 amide bonds. The maximum Gasteiger partial charge on any atom is 0.191 e. The SMILES string of the molecule is CCN(CC)c1ccc(CN=C(N)N2CCCCC2)cn1.I. The molecule has 0 atom stereocenters. The fourth-order valence-corrected chi connectivity index (χ4v) is 2.64. The zero-order valence-corrected chi connectivity index (χ0v) is 16.0. The monoisotopic (exact) mass is 417 g/mol. The molecule has 1 aromatic rings. The topological polar surface area (TPSA) is 57.8 Å². The van der Waals surface area contributed by atoms with Crippen LogP contribution in [0.2, 0.25) is 0 Å². The summed E-state index contributed by atoms with van der Waals surface area (Å²) in [5.41, 5.74) is 7.17. The van der Waals surface area contributed by atoms with Crippen molar-refractivity contribution < 1.29 is 0 Å². The van der Waals surface area contributed by atoms with Gasteiger partial charge in [-0.2, -0.15) is 0 Å². The van der Waals surface area contributed by atoms with Crippen LogP contribution < -0.4 is 10.6 Å². The van der Waals surface area contributed by atoms with Crippen LogP contribution in [0, 0.1) is 0 Å². The molecule has 1 aliphatic rings. The molecule has 124 valence electrons. The molecule has 1 saturated heterocycles. The Labute approximate surface area is 151 Å². The van der Waals surface area contributed by atoms with Crippen LogP contribution in [0.25, 0.3) is 0 Å². The maximum atomic E-state index is 6.06. The van der Waals surface area contributed by atoms with Crippen LogP contribution in [0.5, 0.6) is 0 Å². The molecule has 22 heavy (non-hydrogen) atoms. The summed E-state index contributed by atoms with van der Waals surface area (Å²) < 4.78 is 0. The van der Waals surface area contributed by atoms with Gasteiger partial charge in [0.05, 0.1) is 6.54 Å². The number of aromatic nitrogens is 1. The number of rotatable bonds is 5. The molecule has 2 rings (SSSR count). The Balaban J connectivity index is 0.00000242. The van der Waals surface area contributed by atoms with Crippen molar-refractivity contribution in [3.8, 4) is 0 Å². The average molecular weight is 417 g/mol. The maximum absolute atomic E-state index is 6.06. The summed E-state index contributed by atoms with van der Waals surface area (Å²) in [7, 11) is 0. The molecular weight excluding hydrogens is 389 g/mol. The smallest absolute Gasteiger partial charge is 0.191 e. The number of piperidine rings is 1. The minimum Gasteiger partial charge on any atom is -0.370 e. The van der Waals surface area contributed by atoms with E-state index >= 15 is 0 Å². The van der Waals surface area contributed by atoms with Gasteiger partial charge in [0.25, 0.3) is 0 Å². The van der Waals surface area contributed by atoms with Gasteiger partial charge in [-0.05, 0) is 44.7 Å². The summed E-state index contributed by atoms with van der Waals surface area (Å²) >= 11 is 0. The van der Waals surface area contributed by atoms with Crippen LogP contribution >= 0.6 is 24.0 Å². The standard InChI is InChI=1S/C16H27N5.HI/c1-3-20(4-2)15-9-8-14(12-18-15)13-19-16(17)21-10-6-5-7-11-21;/h8-9,12H,3-7,10-11,13H2,1-2H3,(H2,17,19);1H. The van der Waals surface area contributed by atoms with E-state index in [1.165, 1.54) is 19.3 Å². The molecule has 2 N–H and O–H groups in total. The number of likely N-dealkylation sites (tertiary alicyclic amines) is 1. The summed E-state index contributed by atoms with van der Waals surface area (Å²) in [6, 6.07) is 4.16. The Hall–Kier alpha value is -1.05. The molecule has 0 aliphatic carbocycles. The third-order valence-corrected chi connectivity index (χ3v) is 4.00. The molecule has 2 heterocycles. The third kappa shape index (κ3) is 5.30. The summed E-state index contributed by atoms with van der Waals surface area (Å²) in [5, 5.41) is 0. The molecule has 1 aliphatic heterocycles. The lowest BCUT2D eigenvalue weighted by atomic mass is 10.1. The molecule has 1 fully saturated rings. The van der Waals surface area contributed by atoms with Crippen LogP contribution in [-0.4, -0.2) is 42.0 Å². The van der Waals surface area contributed by atoms with Crippen LogP contribution in [0.3, 0.4) is 0 Å². The van der Waals surface area contributed by atoms with E-state index in [0.717, 1.165) is 37.6 Å². The average Bonchev–Trinajstić information content (AvgIpc) is 2.55. The molecule has 0 radical (unpaired) electrons. The van der Waals surface area contributed by atoms with E-state index < -0.39 is 0 Å². The normalized spacial score (nSPS) is 15.4. The first-order valence-corrected chi connectivity index (χ1v) is 7.99. The summed E-state index contributed by atoms with van der Waals surface area (Å²) in [5.74, 6) is 1.69. The predicted molar refractivity (Wildman–Crippen MR) is 104 cm³/mol. The highest BCUT2D eigenvalue weighted by Crippen LogP contribution is 2.12. The number of guanidine groups is 1. The molecular formula is C16H28IN5. The fraction of sp³-hybridized carbons (Fsp3) is 0.625. The number of anilines is 1. The summed E-state index contributed by atoms with van der Waals surface area (Å²) in [6.45, 7) is 8.91. The fourth-order valence-electron chi connectivity index (χ4n) is 2.64. The van der Waals surface area contributed by atoms with E-state index in [-0.39, 0.29) is 24.0 Å². The van der Waals surface area contributed by atoms with Gasteiger partial charge < -0.3 is 15.5 Å². The Morgan fingerprint density at radius 1 is 1.23 bits per heavy atom. The highest BCUT2D eigenvalue weighted by Gasteiger charge is 2.11. The van der Waals surface area contributed by atoms with Gasteiger partial charge in [-0.3, -0.25) is 0 Å². The number of hydrogen-bond acceptors (Lipinski definition) is 3. The van der Waals surface area contributed by atoms with Gasteiger partial charge in [-0.1, -0.05) is 6.07 Å². The van der Waals surface area contributed by atoms with Gasteiger partial charge in [0.1, 0.15) is 5.82 Å². The van der Waals surface area contributed by atoms with E-state index in [1.54, 1.807) is 0 Å². The predicted octanol–water partition coefficient (Wildman–Crippen LogP) is 2.85. The quantitative estimate of drug-likeness (QED) is 0.455. The lowest BCUT2D eigenvalue weighted by Gasteiger charge is -2.27. The lowest BCUT2D eigenvalue weighted by Crippen LogP contribution is -2.40. The van der Waals surface area contributed by atoms with Crippen molar-refractivity contribution in [1.29, 1.82) is 0 Å². The highest BCUT2D eigenvalue weighted by atomic mass is 127. The third-order valence-electron chi connectivity index (χ3n) is 4.00. The van der Waals surface area contributed by atoms with Crippen LogP contribution in [0.1, 0.15) is 38.7 Å². The minimum atomic E-state index is 0. The molecule has 0 bridgehead atoms. The second kappa shape index (κ2) is 9.86. The second-order valence-electron chi connectivity index (χ2n) is 5.42. The van der Waals surface area contributed by atoms with Crippen molar-refractivity contribution in [1.82, 2.24) is 9.88 Å². The summed E-state index contributed by atoms with van der Waals surface area (Å²) in [6.07, 6.45) is 5.65. The lowest BCUT2D eigenvalue weighted by molar-refractivity contribution is 0.338. The Kier molecular flexibility index (Phi) is 8.52. The highest BCUT2D eigenvalue weighted by molar-refractivity contribution is 14.0. The van der Waals surface area contributed by atoms with Crippen LogP contribution in [-0.2, 0) is 6.54 Å². The first-order chi connectivity index (χ1) is 10.2. The summed E-state index contributed by atoms with van der Waals surface area (Å²) in [4.78, 5) is 13.4. The molecule has 5 nitrogen and oxygen atoms in total. The zero-order valence-electron chi connectivity index (χ0n) is 13.7. The minimum absolute atomic E-state index is 0. The number of nitrogens with zero attached hydrogens (tertiary/aromatic N) is 4. The Morgan fingerprint density at radius 2 is 1.91 bits per heavy atom. The Bertz CT molecular complexity index is 450. The number of nitrogens with two attached hydrogens (primary N) is 1. The molecule has 0 unspecified atom stereocenters. The largest absolute Gasteiger partial charge is 0.370 e. The molecule has 6 heteroatoms. The van der Waals surface area contributed by atoms with E-state index in [4.69, 9.17) is 5.73 Å². The van der Waals surface area contributed by atoms with Crippen molar-refractivity contribution in [2.45, 2.75) is 39.7 Å². The van der Waals surface area contributed by atoms with Crippen molar-refractivity contribution in [3.63, 3.8) is 0 Å². The molecule has 0 saturated carbocycles.